The predicted molar refractivity (Wildman–Crippen MR) is 89.5 cm³/mol. The van der Waals surface area contributed by atoms with E-state index in [4.69, 9.17) is 16.3 Å². The number of hydrogen-bond donors (Lipinski definition) is 0. The summed E-state index contributed by atoms with van der Waals surface area (Å²) in [6.45, 7) is 2.46. The van der Waals surface area contributed by atoms with Crippen LogP contribution in [0.4, 0.5) is 0 Å². The molecular formula is C16H20ClN5O3. The van der Waals surface area contributed by atoms with E-state index in [-0.39, 0.29) is 24.8 Å². The molecule has 134 valence electrons. The van der Waals surface area contributed by atoms with E-state index in [1.807, 2.05) is 20.0 Å². The fourth-order valence-electron chi connectivity index (χ4n) is 2.82. The zero-order valence-electron chi connectivity index (χ0n) is 14.4. The number of nitrogens with zero attached hydrogens (tertiary/aromatic N) is 5. The van der Waals surface area contributed by atoms with Gasteiger partial charge in [0.25, 0.3) is 5.91 Å². The van der Waals surface area contributed by atoms with Crippen LogP contribution in [0.25, 0.3) is 0 Å². The number of esters is 1. The Morgan fingerprint density at radius 2 is 2.16 bits per heavy atom. The summed E-state index contributed by atoms with van der Waals surface area (Å²) in [5, 5.41) is 9.18. The molecule has 25 heavy (non-hydrogen) atoms. The van der Waals surface area contributed by atoms with E-state index in [0.717, 1.165) is 11.4 Å². The standard InChI is InChI=1S/C16H20ClN5O3/c1-10-6-11(18-21(10)3)7-22(9-13-12(17)8-20(2)19-13)16(24)14-4-5-15(23)25-14/h6,8,14H,4-5,7,9H2,1-3H3/t14-/m0/s1. The molecule has 1 atom stereocenters. The van der Waals surface area contributed by atoms with E-state index >= 15 is 0 Å². The number of halogens is 1. The lowest BCUT2D eigenvalue weighted by molar-refractivity contribution is -0.153. The average Bonchev–Trinajstić information content (AvgIpc) is 3.19. The summed E-state index contributed by atoms with van der Waals surface area (Å²) < 4.78 is 8.48. The number of carbonyl (C=O) groups is 2. The Hall–Kier alpha value is -2.35. The van der Waals surface area contributed by atoms with Gasteiger partial charge in [0.05, 0.1) is 23.8 Å². The molecule has 3 heterocycles. The Kier molecular flexibility index (Phi) is 4.80. The summed E-state index contributed by atoms with van der Waals surface area (Å²) in [5.41, 5.74) is 2.34. The van der Waals surface area contributed by atoms with Crippen molar-refractivity contribution < 1.29 is 14.3 Å². The molecule has 1 fully saturated rings. The first-order valence-electron chi connectivity index (χ1n) is 7.99. The molecule has 8 nitrogen and oxygen atoms in total. The molecule has 3 rings (SSSR count). The molecule has 9 heteroatoms. The molecule has 0 bridgehead atoms. The summed E-state index contributed by atoms with van der Waals surface area (Å²) in [5.74, 6) is -0.598. The van der Waals surface area contributed by atoms with Crippen molar-refractivity contribution >= 4 is 23.5 Å². The monoisotopic (exact) mass is 365 g/mol. The van der Waals surface area contributed by atoms with Crippen LogP contribution in [0.2, 0.25) is 5.02 Å². The van der Waals surface area contributed by atoms with Gasteiger partial charge in [0.2, 0.25) is 0 Å². The normalized spacial score (nSPS) is 17.0. The van der Waals surface area contributed by atoms with E-state index in [1.165, 1.54) is 0 Å². The molecule has 2 aromatic heterocycles. The van der Waals surface area contributed by atoms with Crippen molar-refractivity contribution in [3.8, 4) is 0 Å². The van der Waals surface area contributed by atoms with Gasteiger partial charge in [-0.3, -0.25) is 19.0 Å². The summed E-state index contributed by atoms with van der Waals surface area (Å²) in [7, 11) is 3.61. The second-order valence-corrected chi connectivity index (χ2v) is 6.62. The molecule has 2 aromatic rings. The van der Waals surface area contributed by atoms with E-state index in [2.05, 4.69) is 10.2 Å². The van der Waals surface area contributed by atoms with Crippen molar-refractivity contribution in [2.24, 2.45) is 14.1 Å². The van der Waals surface area contributed by atoms with Gasteiger partial charge in [-0.1, -0.05) is 11.6 Å². The summed E-state index contributed by atoms with van der Waals surface area (Å²) in [4.78, 5) is 25.8. The smallest absolute Gasteiger partial charge is 0.306 e. The van der Waals surface area contributed by atoms with E-state index in [1.54, 1.807) is 27.5 Å². The van der Waals surface area contributed by atoms with Gasteiger partial charge in [0, 0.05) is 38.8 Å². The number of aryl methyl sites for hydroxylation is 3. The third-order valence-corrected chi connectivity index (χ3v) is 4.50. The molecule has 0 aliphatic carbocycles. The van der Waals surface area contributed by atoms with Crippen LogP contribution in [-0.2, 0) is 41.5 Å². The second-order valence-electron chi connectivity index (χ2n) is 6.21. The minimum absolute atomic E-state index is 0.224. The van der Waals surface area contributed by atoms with Crippen LogP contribution in [0.1, 0.15) is 29.9 Å². The van der Waals surface area contributed by atoms with Crippen LogP contribution in [-0.4, -0.2) is 42.4 Å². The first-order chi connectivity index (χ1) is 11.8. The largest absolute Gasteiger partial charge is 0.452 e. The second kappa shape index (κ2) is 6.87. The number of hydrogen-bond acceptors (Lipinski definition) is 5. The minimum Gasteiger partial charge on any atom is -0.452 e. The van der Waals surface area contributed by atoms with E-state index in [0.29, 0.717) is 23.7 Å². The predicted octanol–water partition coefficient (Wildman–Crippen LogP) is 1.35. The highest BCUT2D eigenvalue weighted by Gasteiger charge is 2.34. The molecule has 1 saturated heterocycles. The highest BCUT2D eigenvalue weighted by atomic mass is 35.5. The molecule has 0 N–H and O–H groups in total. The Labute approximate surface area is 150 Å². The number of aromatic nitrogens is 4. The number of cyclic esters (lactones) is 1. The third-order valence-electron chi connectivity index (χ3n) is 4.18. The van der Waals surface area contributed by atoms with Gasteiger partial charge < -0.3 is 9.64 Å². The van der Waals surface area contributed by atoms with Gasteiger partial charge in [-0.25, -0.2) is 0 Å². The molecular weight excluding hydrogens is 346 g/mol. The molecule has 0 radical (unpaired) electrons. The third kappa shape index (κ3) is 3.84. The molecule has 1 amide bonds. The van der Waals surface area contributed by atoms with Crippen molar-refractivity contribution in [1.82, 2.24) is 24.5 Å². The molecule has 0 unspecified atom stereocenters. The van der Waals surface area contributed by atoms with Crippen LogP contribution in [0.5, 0.6) is 0 Å². The zero-order valence-corrected chi connectivity index (χ0v) is 15.2. The van der Waals surface area contributed by atoms with Crippen molar-refractivity contribution in [1.29, 1.82) is 0 Å². The number of carbonyl (C=O) groups excluding carboxylic acids is 2. The Morgan fingerprint density at radius 1 is 1.40 bits per heavy atom. The van der Waals surface area contributed by atoms with Gasteiger partial charge in [0.1, 0.15) is 5.69 Å². The van der Waals surface area contributed by atoms with Gasteiger partial charge in [0.15, 0.2) is 6.10 Å². The molecule has 0 aromatic carbocycles. The first kappa shape index (κ1) is 17.5. The Balaban J connectivity index is 1.83. The minimum atomic E-state index is -0.750. The van der Waals surface area contributed by atoms with Crippen molar-refractivity contribution in [3.05, 3.63) is 34.4 Å². The fourth-order valence-corrected chi connectivity index (χ4v) is 3.05. The van der Waals surface area contributed by atoms with Crippen LogP contribution >= 0.6 is 11.6 Å². The topological polar surface area (TPSA) is 82.2 Å². The van der Waals surface area contributed by atoms with Crippen LogP contribution in [0.3, 0.4) is 0 Å². The molecule has 0 saturated carbocycles. The van der Waals surface area contributed by atoms with Crippen molar-refractivity contribution in [2.45, 2.75) is 39.0 Å². The number of ether oxygens (including phenoxy) is 1. The molecule has 1 aliphatic rings. The van der Waals surface area contributed by atoms with E-state index < -0.39 is 6.10 Å². The molecule has 0 spiro atoms. The lowest BCUT2D eigenvalue weighted by Crippen LogP contribution is -2.38. The summed E-state index contributed by atoms with van der Waals surface area (Å²) in [6.07, 6.45) is 1.59. The maximum absolute atomic E-state index is 12.8. The zero-order chi connectivity index (χ0) is 18.1. The van der Waals surface area contributed by atoms with Crippen LogP contribution in [0.15, 0.2) is 12.3 Å². The fraction of sp³-hybridized carbons (Fsp3) is 0.500. The maximum Gasteiger partial charge on any atom is 0.306 e. The Bertz CT molecular complexity index is 793. The van der Waals surface area contributed by atoms with Crippen LogP contribution < -0.4 is 0 Å². The number of amides is 1. The average molecular weight is 366 g/mol. The van der Waals surface area contributed by atoms with Gasteiger partial charge in [-0.2, -0.15) is 10.2 Å². The lowest BCUT2D eigenvalue weighted by atomic mass is 10.2. The van der Waals surface area contributed by atoms with Gasteiger partial charge in [-0.15, -0.1) is 0 Å². The van der Waals surface area contributed by atoms with Crippen molar-refractivity contribution in [3.63, 3.8) is 0 Å². The highest BCUT2D eigenvalue weighted by Crippen LogP contribution is 2.21. The van der Waals surface area contributed by atoms with E-state index in [9.17, 15) is 9.59 Å². The summed E-state index contributed by atoms with van der Waals surface area (Å²) >= 11 is 6.18. The van der Waals surface area contributed by atoms with Gasteiger partial charge >= 0.3 is 5.97 Å². The highest BCUT2D eigenvalue weighted by molar-refractivity contribution is 6.31. The Morgan fingerprint density at radius 3 is 2.68 bits per heavy atom. The number of rotatable bonds is 5. The first-order valence-corrected chi connectivity index (χ1v) is 8.37. The summed E-state index contributed by atoms with van der Waals surface area (Å²) in [6, 6.07) is 1.92. The quantitative estimate of drug-likeness (QED) is 0.747. The maximum atomic E-state index is 12.8. The van der Waals surface area contributed by atoms with Crippen LogP contribution in [0, 0.1) is 6.92 Å². The SMILES string of the molecule is Cc1cc(CN(Cc2nn(C)cc2Cl)C(=O)[C@@H]2CCC(=O)O2)nn1C. The lowest BCUT2D eigenvalue weighted by Gasteiger charge is -2.23. The van der Waals surface area contributed by atoms with Crippen molar-refractivity contribution in [2.75, 3.05) is 0 Å². The molecule has 1 aliphatic heterocycles. The van der Waals surface area contributed by atoms with Gasteiger partial charge in [-0.05, 0) is 13.0 Å².